The Hall–Kier alpha value is -1.65. The molecule has 0 atom stereocenters. The van der Waals surface area contributed by atoms with Crippen molar-refractivity contribution in [1.82, 2.24) is 9.97 Å². The Morgan fingerprint density at radius 3 is 2.60 bits per heavy atom. The Morgan fingerprint density at radius 1 is 1.53 bits per heavy atom. The minimum absolute atomic E-state index is 0.0436. The highest BCUT2D eigenvalue weighted by molar-refractivity contribution is 5.66. The zero-order chi connectivity index (χ0) is 10.9. The highest BCUT2D eigenvalue weighted by Crippen LogP contribution is 2.46. The summed E-state index contributed by atoms with van der Waals surface area (Å²) in [6.07, 6.45) is 4.56. The largest absolute Gasteiger partial charge is 0.505 e. The van der Waals surface area contributed by atoms with Crippen LogP contribution in [-0.4, -0.2) is 27.7 Å². The first-order valence-electron chi connectivity index (χ1n) is 4.77. The minimum Gasteiger partial charge on any atom is -0.505 e. The lowest BCUT2D eigenvalue weighted by Gasteiger charge is -2.12. The number of rotatable bonds is 3. The van der Waals surface area contributed by atoms with Gasteiger partial charge in [0.2, 0.25) is 0 Å². The van der Waals surface area contributed by atoms with Crippen molar-refractivity contribution in [2.75, 3.05) is 6.61 Å². The quantitative estimate of drug-likeness (QED) is 0.743. The second-order valence-electron chi connectivity index (χ2n) is 3.83. The van der Waals surface area contributed by atoms with E-state index in [1.807, 2.05) is 0 Å². The Bertz CT molecular complexity index is 371. The summed E-state index contributed by atoms with van der Waals surface area (Å²) in [5, 5.41) is 9.05. The fourth-order valence-electron chi connectivity index (χ4n) is 1.42. The van der Waals surface area contributed by atoms with Crippen LogP contribution in [0.25, 0.3) is 0 Å². The molecule has 0 spiro atoms. The molecule has 5 heteroatoms. The molecule has 80 valence electrons. The molecule has 15 heavy (non-hydrogen) atoms. The molecule has 0 amide bonds. The van der Waals surface area contributed by atoms with Crippen LogP contribution < -0.4 is 0 Å². The highest BCUT2D eigenvalue weighted by atomic mass is 16.5. The summed E-state index contributed by atoms with van der Waals surface area (Å²) in [7, 11) is 0. The van der Waals surface area contributed by atoms with Gasteiger partial charge in [-0.15, -0.1) is 0 Å². The maximum Gasteiger partial charge on any atom is 0.302 e. The zero-order valence-corrected chi connectivity index (χ0v) is 8.43. The van der Waals surface area contributed by atoms with Gasteiger partial charge in [0.05, 0.1) is 17.8 Å². The van der Waals surface area contributed by atoms with Crippen LogP contribution in [0.15, 0.2) is 12.4 Å². The van der Waals surface area contributed by atoms with Gasteiger partial charge in [-0.3, -0.25) is 4.79 Å². The van der Waals surface area contributed by atoms with Crippen molar-refractivity contribution in [1.29, 1.82) is 0 Å². The molecule has 1 aromatic rings. The van der Waals surface area contributed by atoms with Crippen LogP contribution in [-0.2, 0) is 14.9 Å². The average molecular weight is 208 g/mol. The fraction of sp³-hybridized carbons (Fsp3) is 0.500. The Morgan fingerprint density at radius 2 is 2.13 bits per heavy atom. The number of ether oxygens (including phenoxy) is 1. The number of aromatic nitrogens is 2. The van der Waals surface area contributed by atoms with Gasteiger partial charge in [0.25, 0.3) is 0 Å². The van der Waals surface area contributed by atoms with Gasteiger partial charge in [-0.2, -0.15) is 0 Å². The van der Waals surface area contributed by atoms with E-state index in [4.69, 9.17) is 9.84 Å². The van der Waals surface area contributed by atoms with Crippen LogP contribution in [0, 0.1) is 0 Å². The second kappa shape index (κ2) is 3.49. The van der Waals surface area contributed by atoms with Crippen LogP contribution in [0.1, 0.15) is 25.6 Å². The fourth-order valence-corrected chi connectivity index (χ4v) is 1.42. The van der Waals surface area contributed by atoms with E-state index in [9.17, 15) is 4.79 Å². The van der Waals surface area contributed by atoms with Crippen molar-refractivity contribution in [2.24, 2.45) is 0 Å². The monoisotopic (exact) mass is 208 g/mol. The summed E-state index contributed by atoms with van der Waals surface area (Å²) in [6.45, 7) is 1.71. The van der Waals surface area contributed by atoms with Gasteiger partial charge >= 0.3 is 5.97 Å². The molecule has 5 nitrogen and oxygen atoms in total. The van der Waals surface area contributed by atoms with Crippen LogP contribution in [0.2, 0.25) is 0 Å². The van der Waals surface area contributed by atoms with Crippen molar-refractivity contribution >= 4 is 5.97 Å². The molecule has 1 saturated carbocycles. The van der Waals surface area contributed by atoms with Gasteiger partial charge in [0.1, 0.15) is 12.4 Å². The molecule has 1 fully saturated rings. The first-order chi connectivity index (χ1) is 7.12. The predicted molar refractivity (Wildman–Crippen MR) is 51.2 cm³/mol. The summed E-state index contributed by atoms with van der Waals surface area (Å²) in [6, 6.07) is 0. The maximum atomic E-state index is 10.7. The Labute approximate surface area is 87.1 Å². The van der Waals surface area contributed by atoms with Crippen LogP contribution in [0.4, 0.5) is 0 Å². The standard InChI is InChI=1S/C10H12N2O3/c1-7(13)15-6-10(2-3-10)9-11-4-8(14)5-12-9/h4-5,14H,2-3,6H2,1H3. The predicted octanol–water partition coefficient (Wildman–Crippen LogP) is 0.777. The smallest absolute Gasteiger partial charge is 0.302 e. The third-order valence-corrected chi connectivity index (χ3v) is 2.52. The van der Waals surface area contributed by atoms with Crippen LogP contribution in [0.5, 0.6) is 5.75 Å². The molecule has 0 aliphatic heterocycles. The molecule has 1 aliphatic rings. The lowest BCUT2D eigenvalue weighted by Crippen LogP contribution is -2.20. The number of esters is 1. The second-order valence-corrected chi connectivity index (χ2v) is 3.83. The average Bonchev–Trinajstić information content (AvgIpc) is 2.97. The molecule has 1 heterocycles. The van der Waals surface area contributed by atoms with Gasteiger partial charge in [0, 0.05) is 6.92 Å². The number of carbonyl (C=O) groups excluding carboxylic acids is 1. The van der Waals surface area contributed by atoms with Crippen molar-refractivity contribution in [2.45, 2.75) is 25.2 Å². The normalized spacial score (nSPS) is 17.1. The zero-order valence-electron chi connectivity index (χ0n) is 8.43. The molecule has 0 unspecified atom stereocenters. The van der Waals surface area contributed by atoms with E-state index >= 15 is 0 Å². The minimum atomic E-state index is -0.292. The first-order valence-corrected chi connectivity index (χ1v) is 4.77. The molecule has 0 saturated heterocycles. The molecule has 0 aromatic carbocycles. The highest BCUT2D eigenvalue weighted by Gasteiger charge is 2.48. The Balaban J connectivity index is 2.09. The van der Waals surface area contributed by atoms with Crippen LogP contribution >= 0.6 is 0 Å². The van der Waals surface area contributed by atoms with Gasteiger partial charge in [0.15, 0.2) is 5.75 Å². The van der Waals surface area contributed by atoms with E-state index in [0.717, 1.165) is 12.8 Å². The summed E-state index contributed by atoms with van der Waals surface area (Å²) in [5.74, 6) is 0.392. The van der Waals surface area contributed by atoms with Crippen molar-refractivity contribution in [3.63, 3.8) is 0 Å². The number of aromatic hydroxyl groups is 1. The molecule has 0 radical (unpaired) electrons. The lowest BCUT2D eigenvalue weighted by atomic mass is 10.1. The van der Waals surface area contributed by atoms with Crippen LogP contribution in [0.3, 0.4) is 0 Å². The van der Waals surface area contributed by atoms with Crippen molar-refractivity contribution in [3.8, 4) is 5.75 Å². The topological polar surface area (TPSA) is 72.3 Å². The SMILES string of the molecule is CC(=O)OCC1(c2ncc(O)cn2)CC1. The summed E-state index contributed by atoms with van der Waals surface area (Å²) < 4.78 is 4.97. The maximum absolute atomic E-state index is 10.7. The molecular formula is C10H12N2O3. The number of nitrogens with zero attached hydrogens (tertiary/aromatic N) is 2. The van der Waals surface area contributed by atoms with Crippen molar-refractivity contribution in [3.05, 3.63) is 18.2 Å². The molecular weight excluding hydrogens is 196 g/mol. The third-order valence-electron chi connectivity index (χ3n) is 2.52. The van der Waals surface area contributed by atoms with E-state index in [-0.39, 0.29) is 17.1 Å². The number of hydrogen-bond acceptors (Lipinski definition) is 5. The van der Waals surface area contributed by atoms with E-state index in [0.29, 0.717) is 12.4 Å². The molecule has 1 aliphatic carbocycles. The van der Waals surface area contributed by atoms with E-state index < -0.39 is 0 Å². The molecule has 1 N–H and O–H groups in total. The van der Waals surface area contributed by atoms with E-state index in [2.05, 4.69) is 9.97 Å². The van der Waals surface area contributed by atoms with Gasteiger partial charge < -0.3 is 9.84 Å². The third kappa shape index (κ3) is 2.06. The van der Waals surface area contributed by atoms with Gasteiger partial charge in [-0.1, -0.05) is 0 Å². The van der Waals surface area contributed by atoms with E-state index in [1.165, 1.54) is 19.3 Å². The number of hydrogen-bond donors (Lipinski definition) is 1. The molecule has 0 bridgehead atoms. The number of carbonyl (C=O) groups is 1. The van der Waals surface area contributed by atoms with Crippen molar-refractivity contribution < 1.29 is 14.6 Å². The van der Waals surface area contributed by atoms with Gasteiger partial charge in [-0.25, -0.2) is 9.97 Å². The summed E-state index contributed by atoms with van der Waals surface area (Å²) in [4.78, 5) is 18.8. The van der Waals surface area contributed by atoms with Gasteiger partial charge in [-0.05, 0) is 12.8 Å². The van der Waals surface area contributed by atoms with E-state index in [1.54, 1.807) is 0 Å². The molecule has 1 aromatic heterocycles. The summed E-state index contributed by atoms with van der Waals surface area (Å²) >= 11 is 0. The lowest BCUT2D eigenvalue weighted by molar-refractivity contribution is -0.141. The molecule has 2 rings (SSSR count). The summed E-state index contributed by atoms with van der Waals surface area (Å²) in [5.41, 5.74) is -0.209. The Kier molecular flexibility index (Phi) is 2.30. The first kappa shape index (κ1) is 9.89.